The predicted octanol–water partition coefficient (Wildman–Crippen LogP) is -1.26. The molecule has 0 amide bonds. The first kappa shape index (κ1) is 27.5. The third-order valence-electron chi connectivity index (χ3n) is 6.55. The van der Waals surface area contributed by atoms with Crippen molar-refractivity contribution in [2.24, 2.45) is 0 Å². The molecule has 17 nitrogen and oxygen atoms in total. The highest BCUT2D eigenvalue weighted by molar-refractivity contribution is 7.53. The van der Waals surface area contributed by atoms with Gasteiger partial charge in [0.1, 0.15) is 42.5 Å². The summed E-state index contributed by atoms with van der Waals surface area (Å²) in [5.41, 5.74) is 5.31. The molecule has 5 N–H and O–H groups in total. The van der Waals surface area contributed by atoms with Gasteiger partial charge in [0.2, 0.25) is 0 Å². The Hall–Kier alpha value is -3.02. The summed E-state index contributed by atoms with van der Waals surface area (Å²) < 4.78 is 44.4. The number of ether oxygens (including phenoxy) is 3. The molecular weight excluding hydrogens is 541 g/mol. The average Bonchev–Trinajstić information content (AvgIpc) is 3.58. The summed E-state index contributed by atoms with van der Waals surface area (Å²) in [4.78, 5) is 38.1. The van der Waals surface area contributed by atoms with Crippen molar-refractivity contribution in [3.8, 4) is 0 Å². The Kier molecular flexibility index (Phi) is 7.67. The predicted molar refractivity (Wildman–Crippen MR) is 132 cm³/mol. The number of nitrogens with one attached hydrogen (secondary N) is 1. The van der Waals surface area contributed by atoms with Crippen molar-refractivity contribution in [1.29, 1.82) is 0 Å². The van der Waals surface area contributed by atoms with Crippen LogP contribution in [0.3, 0.4) is 0 Å². The zero-order chi connectivity index (χ0) is 27.9. The van der Waals surface area contributed by atoms with Crippen LogP contribution < -0.4 is 17.0 Å². The van der Waals surface area contributed by atoms with E-state index in [1.165, 1.54) is 32.6 Å². The number of rotatable bonds is 9. The summed E-state index contributed by atoms with van der Waals surface area (Å²) in [5.74, 6) is 0.209. The number of aromatic nitrogens is 6. The zero-order valence-electron chi connectivity index (χ0n) is 20.9. The number of anilines is 1. The maximum Gasteiger partial charge on any atom is 0.330 e. The van der Waals surface area contributed by atoms with Gasteiger partial charge < -0.3 is 34.7 Å². The number of fused-ring (bicyclic) bond motifs is 1. The lowest BCUT2D eigenvalue weighted by molar-refractivity contribution is -0.0625. The van der Waals surface area contributed by atoms with Crippen molar-refractivity contribution in [2.75, 3.05) is 32.7 Å². The van der Waals surface area contributed by atoms with Crippen LogP contribution >= 0.6 is 7.60 Å². The number of hydrogen-bond donors (Lipinski definition) is 4. The van der Waals surface area contributed by atoms with Crippen LogP contribution in [0.25, 0.3) is 11.2 Å². The quantitative estimate of drug-likeness (QED) is 0.221. The molecule has 3 unspecified atom stereocenters. The van der Waals surface area contributed by atoms with E-state index in [0.717, 1.165) is 10.6 Å². The number of H-pyrrole nitrogens is 1. The molecule has 2 aliphatic rings. The van der Waals surface area contributed by atoms with Crippen molar-refractivity contribution in [3.05, 3.63) is 45.8 Å². The van der Waals surface area contributed by atoms with Gasteiger partial charge in [0.05, 0.1) is 25.6 Å². The monoisotopic (exact) mass is 569 g/mol. The fourth-order valence-corrected chi connectivity index (χ4v) is 5.84. The minimum atomic E-state index is -3.85. The normalized spacial score (nSPS) is 30.6. The van der Waals surface area contributed by atoms with Crippen LogP contribution in [0.1, 0.15) is 18.9 Å². The molecule has 8 atom stereocenters. The molecule has 39 heavy (non-hydrogen) atoms. The van der Waals surface area contributed by atoms with Gasteiger partial charge in [-0.3, -0.25) is 28.0 Å². The van der Waals surface area contributed by atoms with E-state index in [4.69, 9.17) is 29.0 Å². The third-order valence-corrected chi connectivity index (χ3v) is 7.80. The van der Waals surface area contributed by atoms with Crippen molar-refractivity contribution in [1.82, 2.24) is 29.1 Å². The lowest BCUT2D eigenvalue weighted by Crippen LogP contribution is -2.40. The molecule has 0 radical (unpaired) electrons. The first-order valence-corrected chi connectivity index (χ1v) is 13.9. The van der Waals surface area contributed by atoms with Crippen LogP contribution in [0.4, 0.5) is 5.82 Å². The van der Waals surface area contributed by atoms with Crippen LogP contribution in [0.2, 0.25) is 0 Å². The van der Waals surface area contributed by atoms with E-state index in [1.807, 2.05) is 0 Å². The highest BCUT2D eigenvalue weighted by Crippen LogP contribution is 2.50. The van der Waals surface area contributed by atoms with E-state index in [1.54, 1.807) is 4.57 Å². The molecule has 0 aliphatic carbocycles. The summed E-state index contributed by atoms with van der Waals surface area (Å²) in [5, 5.41) is 20.4. The number of methoxy groups -OCH3 is 1. The second kappa shape index (κ2) is 10.9. The minimum Gasteiger partial charge on any atom is -0.394 e. The number of nitrogen functional groups attached to an aromatic ring is 1. The Morgan fingerprint density at radius 1 is 1.21 bits per heavy atom. The number of nitrogens with zero attached hydrogens (tertiary/aromatic N) is 5. The Bertz CT molecular complexity index is 1490. The van der Waals surface area contributed by atoms with Gasteiger partial charge in [0.25, 0.3) is 5.56 Å². The van der Waals surface area contributed by atoms with E-state index < -0.39 is 68.4 Å². The highest BCUT2D eigenvalue weighted by Gasteiger charge is 2.49. The van der Waals surface area contributed by atoms with Gasteiger partial charge >= 0.3 is 13.3 Å². The number of nitrogens with two attached hydrogens (primary N) is 1. The number of aliphatic hydroxyl groups is 2. The average molecular weight is 569 g/mol. The molecule has 5 heterocycles. The molecule has 3 aromatic rings. The van der Waals surface area contributed by atoms with Gasteiger partial charge in [-0.2, -0.15) is 0 Å². The molecule has 18 heteroatoms. The number of imidazole rings is 1. The van der Waals surface area contributed by atoms with Gasteiger partial charge in [0.15, 0.2) is 17.7 Å². The van der Waals surface area contributed by atoms with Crippen LogP contribution in [0.15, 0.2) is 34.5 Å². The molecule has 0 bridgehead atoms. The Morgan fingerprint density at radius 2 is 2.00 bits per heavy atom. The summed E-state index contributed by atoms with van der Waals surface area (Å²) in [6.45, 7) is 0.390. The third kappa shape index (κ3) is 5.39. The summed E-state index contributed by atoms with van der Waals surface area (Å²) in [6, 6.07) is 1.13. The lowest BCUT2D eigenvalue weighted by Gasteiger charge is -2.26. The maximum atomic E-state index is 13.3. The topological polar surface area (TPSA) is 228 Å². The lowest BCUT2D eigenvalue weighted by atomic mass is 10.1. The first-order chi connectivity index (χ1) is 18.6. The minimum absolute atomic E-state index is 0.183. The van der Waals surface area contributed by atoms with E-state index in [9.17, 15) is 24.4 Å². The molecule has 5 rings (SSSR count). The van der Waals surface area contributed by atoms with Crippen molar-refractivity contribution in [2.45, 2.75) is 49.4 Å². The van der Waals surface area contributed by atoms with Crippen LogP contribution in [-0.2, 0) is 27.8 Å². The maximum absolute atomic E-state index is 13.3. The molecule has 0 saturated carbocycles. The van der Waals surface area contributed by atoms with Crippen molar-refractivity contribution in [3.63, 3.8) is 0 Å². The van der Waals surface area contributed by atoms with Gasteiger partial charge in [-0.25, -0.2) is 19.7 Å². The van der Waals surface area contributed by atoms with Crippen LogP contribution in [-0.4, -0.2) is 96.8 Å². The Labute approximate surface area is 220 Å². The van der Waals surface area contributed by atoms with Gasteiger partial charge in [0, 0.05) is 32.5 Å². The largest absolute Gasteiger partial charge is 0.394 e. The fraction of sp³-hybridized carbons (Fsp3) is 0.571. The van der Waals surface area contributed by atoms with Gasteiger partial charge in [-0.05, 0) is 0 Å². The first-order valence-electron chi connectivity index (χ1n) is 11.9. The molecule has 0 aromatic carbocycles. The number of hydrogen-bond acceptors (Lipinski definition) is 14. The summed E-state index contributed by atoms with van der Waals surface area (Å²) in [6.07, 6.45) is -2.51. The Morgan fingerprint density at radius 3 is 2.72 bits per heavy atom. The molecule has 2 aliphatic heterocycles. The standard InChI is InChI=1S/C21H28N7O10P/c1-34-17-16(11(6-29)37-20(17)27-4-3-13(31)26-21(27)32)38-39(2,33)35-7-12-10(30)5-14(36-12)28-9-25-15-18(22)23-8-24-19(15)28/h3-4,8-12,14,16-17,20,29-30H,5-7H2,1-2H3,(H2,22,23,24)(H,26,31,32)/t10?,11-,12-,14-,16?,17+,20-,39?/m1/s1. The number of aliphatic hydroxyl groups excluding tert-OH is 2. The smallest absolute Gasteiger partial charge is 0.330 e. The van der Waals surface area contributed by atoms with Crippen LogP contribution in [0, 0.1) is 0 Å². The van der Waals surface area contributed by atoms with Crippen LogP contribution in [0.5, 0.6) is 0 Å². The zero-order valence-corrected chi connectivity index (χ0v) is 21.8. The molecular formula is C21H28N7O10P. The molecule has 2 saturated heterocycles. The fourth-order valence-electron chi connectivity index (χ4n) is 4.66. The number of aromatic amines is 1. The second-order valence-electron chi connectivity index (χ2n) is 9.12. The summed E-state index contributed by atoms with van der Waals surface area (Å²) in [7, 11) is -2.52. The molecule has 212 valence electrons. The molecule has 0 spiro atoms. The SMILES string of the molecule is CO[C@H]1C(OP(C)(=O)OC[C@H]2O[C@@H](n3cnc4c(N)ncnc43)CC2O)[C@@H](CO)O[C@H]1n1ccc(=O)[nH]c1=O. The van der Waals surface area contributed by atoms with E-state index in [2.05, 4.69) is 19.9 Å². The summed E-state index contributed by atoms with van der Waals surface area (Å²) >= 11 is 0. The van der Waals surface area contributed by atoms with Crippen molar-refractivity contribution >= 4 is 24.6 Å². The molecule has 3 aromatic heterocycles. The van der Waals surface area contributed by atoms with E-state index in [-0.39, 0.29) is 18.8 Å². The van der Waals surface area contributed by atoms with Gasteiger partial charge in [-0.15, -0.1) is 0 Å². The van der Waals surface area contributed by atoms with E-state index in [0.29, 0.717) is 11.2 Å². The van der Waals surface area contributed by atoms with Crippen molar-refractivity contribution < 1.29 is 38.0 Å². The highest BCUT2D eigenvalue weighted by atomic mass is 31.2. The van der Waals surface area contributed by atoms with E-state index >= 15 is 0 Å². The second-order valence-corrected chi connectivity index (χ2v) is 11.1. The Balaban J connectivity index is 1.26. The molecule has 2 fully saturated rings. The van der Waals surface area contributed by atoms with Gasteiger partial charge in [-0.1, -0.05) is 0 Å².